The van der Waals surface area contributed by atoms with Crippen LogP contribution in [0.5, 0.6) is 11.5 Å². The van der Waals surface area contributed by atoms with Gasteiger partial charge >= 0.3 is 5.97 Å². The van der Waals surface area contributed by atoms with Crippen LogP contribution in [-0.2, 0) is 10.2 Å². The van der Waals surface area contributed by atoms with E-state index in [9.17, 15) is 9.90 Å². The van der Waals surface area contributed by atoms with E-state index < -0.39 is 5.97 Å². The van der Waals surface area contributed by atoms with Gasteiger partial charge in [0.2, 0.25) is 0 Å². The van der Waals surface area contributed by atoms with Crippen LogP contribution in [0, 0.1) is 6.92 Å². The Morgan fingerprint density at radius 1 is 1.17 bits per heavy atom. The van der Waals surface area contributed by atoms with Crippen molar-refractivity contribution in [2.45, 2.75) is 40.0 Å². The van der Waals surface area contributed by atoms with Gasteiger partial charge in [0.1, 0.15) is 29.1 Å². The van der Waals surface area contributed by atoms with Crippen LogP contribution >= 0.6 is 0 Å². The topological polar surface area (TPSA) is 86.5 Å². The molecule has 30 heavy (non-hydrogen) atoms. The number of aromatic nitrogens is 3. The first-order valence-electron chi connectivity index (χ1n) is 9.74. The van der Waals surface area contributed by atoms with E-state index in [-0.39, 0.29) is 18.6 Å². The fourth-order valence-electron chi connectivity index (χ4n) is 2.98. The Balaban J connectivity index is 2.24. The molecule has 0 aliphatic rings. The summed E-state index contributed by atoms with van der Waals surface area (Å²) >= 11 is 0. The predicted octanol–water partition coefficient (Wildman–Crippen LogP) is 3.88. The van der Waals surface area contributed by atoms with Crippen LogP contribution in [0.15, 0.2) is 42.5 Å². The van der Waals surface area contributed by atoms with Crippen molar-refractivity contribution in [3.63, 3.8) is 0 Å². The monoisotopic (exact) mass is 409 g/mol. The first-order valence-corrected chi connectivity index (χ1v) is 9.74. The second-order valence-corrected chi connectivity index (χ2v) is 8.29. The number of esters is 1. The van der Waals surface area contributed by atoms with Gasteiger partial charge in [-0.3, -0.25) is 0 Å². The summed E-state index contributed by atoms with van der Waals surface area (Å²) in [4.78, 5) is 13.6. The van der Waals surface area contributed by atoms with E-state index in [1.807, 2.05) is 45.9 Å². The van der Waals surface area contributed by atoms with Gasteiger partial charge in [0.25, 0.3) is 0 Å². The molecule has 0 amide bonds. The maximum atomic E-state index is 12.1. The summed E-state index contributed by atoms with van der Waals surface area (Å²) in [7, 11) is 0. The molecule has 2 aromatic carbocycles. The molecule has 0 radical (unpaired) electrons. The molecule has 0 bridgehead atoms. The lowest BCUT2D eigenvalue weighted by atomic mass is 9.85. The van der Waals surface area contributed by atoms with E-state index in [1.54, 1.807) is 19.1 Å². The quantitative estimate of drug-likeness (QED) is 0.378. The molecule has 7 heteroatoms. The Bertz CT molecular complexity index is 1110. The molecule has 1 N–H and O–H groups in total. The summed E-state index contributed by atoms with van der Waals surface area (Å²) in [5.74, 6) is 0.361. The molecule has 0 saturated carbocycles. The fourth-order valence-corrected chi connectivity index (χ4v) is 2.98. The Kier molecular flexibility index (Phi) is 5.94. The molecule has 0 spiro atoms. The molecule has 0 saturated heterocycles. The van der Waals surface area contributed by atoms with Crippen LogP contribution in [0.3, 0.4) is 0 Å². The first kappa shape index (κ1) is 21.5. The maximum Gasteiger partial charge on any atom is 0.338 e. The zero-order chi connectivity index (χ0) is 22.1. The van der Waals surface area contributed by atoms with Crippen LogP contribution in [-0.4, -0.2) is 39.3 Å². The lowest BCUT2D eigenvalue weighted by molar-refractivity contribution is -0.130. The molecule has 0 unspecified atom stereocenters. The number of aliphatic hydroxyl groups is 1. The standard InChI is InChI=1S/C23H27N3O4/c1-14(2)22(28)30-16-12-17(23(4,5)6)21(29-10-9-27)20(13-16)26-24-18-8-7-15(3)11-19(18)25-26/h7-8,11-13,27H,1,9-10H2,2-6H3. The van der Waals surface area contributed by atoms with Crippen molar-refractivity contribution in [1.82, 2.24) is 15.0 Å². The number of aliphatic hydroxyl groups excluding tert-OH is 1. The second kappa shape index (κ2) is 8.28. The SMILES string of the molecule is C=C(C)C(=O)Oc1cc(-n2nc3ccc(C)cc3n2)c(OCCO)c(C(C)(C)C)c1. The van der Waals surface area contributed by atoms with Gasteiger partial charge in [0.15, 0.2) is 5.75 Å². The smallest absolute Gasteiger partial charge is 0.338 e. The van der Waals surface area contributed by atoms with E-state index in [0.29, 0.717) is 22.8 Å². The van der Waals surface area contributed by atoms with Crippen LogP contribution in [0.4, 0.5) is 0 Å². The largest absolute Gasteiger partial charge is 0.489 e. The number of aryl methyl sites for hydroxylation is 1. The van der Waals surface area contributed by atoms with E-state index in [2.05, 4.69) is 16.8 Å². The summed E-state index contributed by atoms with van der Waals surface area (Å²) in [6, 6.07) is 9.25. The molecule has 1 heterocycles. The molecule has 0 fully saturated rings. The van der Waals surface area contributed by atoms with Gasteiger partial charge in [-0.05, 0) is 43.0 Å². The van der Waals surface area contributed by atoms with Gasteiger partial charge in [-0.15, -0.1) is 15.0 Å². The highest BCUT2D eigenvalue weighted by Crippen LogP contribution is 2.39. The Hall–Kier alpha value is -3.19. The summed E-state index contributed by atoms with van der Waals surface area (Å²) in [5, 5.41) is 18.5. The Morgan fingerprint density at radius 3 is 2.50 bits per heavy atom. The minimum absolute atomic E-state index is 0.112. The summed E-state index contributed by atoms with van der Waals surface area (Å²) < 4.78 is 11.4. The lowest BCUT2D eigenvalue weighted by Gasteiger charge is -2.25. The number of fused-ring (bicyclic) bond motifs is 1. The van der Waals surface area contributed by atoms with Crippen molar-refractivity contribution in [2.75, 3.05) is 13.2 Å². The van der Waals surface area contributed by atoms with Crippen molar-refractivity contribution >= 4 is 17.0 Å². The van der Waals surface area contributed by atoms with Gasteiger partial charge in [-0.25, -0.2) is 4.79 Å². The highest BCUT2D eigenvalue weighted by molar-refractivity contribution is 5.89. The highest BCUT2D eigenvalue weighted by atomic mass is 16.5. The molecule has 3 rings (SSSR count). The van der Waals surface area contributed by atoms with Crippen molar-refractivity contribution in [2.24, 2.45) is 0 Å². The molecule has 0 aliphatic carbocycles. The molecule has 1 aromatic heterocycles. The van der Waals surface area contributed by atoms with E-state index in [0.717, 1.165) is 22.2 Å². The predicted molar refractivity (Wildman–Crippen MR) is 115 cm³/mol. The van der Waals surface area contributed by atoms with Gasteiger partial charge in [0, 0.05) is 17.2 Å². The lowest BCUT2D eigenvalue weighted by Crippen LogP contribution is -2.18. The van der Waals surface area contributed by atoms with Crippen molar-refractivity contribution in [3.05, 3.63) is 53.6 Å². The number of benzene rings is 2. The average molecular weight is 409 g/mol. The number of carbonyl (C=O) groups excluding carboxylic acids is 1. The molecular formula is C23H27N3O4. The van der Waals surface area contributed by atoms with E-state index in [1.165, 1.54) is 4.80 Å². The molecule has 0 atom stereocenters. The summed E-state index contributed by atoms with van der Waals surface area (Å²) in [5.41, 5.74) is 3.83. The number of ether oxygens (including phenoxy) is 2. The number of carbonyl (C=O) groups is 1. The molecule has 7 nitrogen and oxygen atoms in total. The zero-order valence-electron chi connectivity index (χ0n) is 18.0. The number of rotatable bonds is 6. The Labute approximate surface area is 175 Å². The Morgan fingerprint density at radius 2 is 1.87 bits per heavy atom. The first-order chi connectivity index (χ1) is 14.1. The van der Waals surface area contributed by atoms with Gasteiger partial charge in [-0.2, -0.15) is 0 Å². The summed E-state index contributed by atoms with van der Waals surface area (Å²) in [6.45, 7) is 13.3. The third-order valence-corrected chi connectivity index (χ3v) is 4.50. The third-order valence-electron chi connectivity index (χ3n) is 4.50. The van der Waals surface area contributed by atoms with E-state index >= 15 is 0 Å². The van der Waals surface area contributed by atoms with Crippen LogP contribution in [0.2, 0.25) is 0 Å². The van der Waals surface area contributed by atoms with Crippen LogP contribution < -0.4 is 9.47 Å². The second-order valence-electron chi connectivity index (χ2n) is 8.29. The minimum Gasteiger partial charge on any atom is -0.489 e. The number of hydrogen-bond donors (Lipinski definition) is 1. The van der Waals surface area contributed by atoms with Crippen LogP contribution in [0.1, 0.15) is 38.8 Å². The van der Waals surface area contributed by atoms with Gasteiger partial charge < -0.3 is 14.6 Å². The number of nitrogens with zero attached hydrogens (tertiary/aromatic N) is 3. The fraction of sp³-hybridized carbons (Fsp3) is 0.348. The van der Waals surface area contributed by atoms with Gasteiger partial charge in [-0.1, -0.05) is 33.4 Å². The van der Waals surface area contributed by atoms with Crippen molar-refractivity contribution in [1.29, 1.82) is 0 Å². The summed E-state index contributed by atoms with van der Waals surface area (Å²) in [6.07, 6.45) is 0. The molecule has 0 aliphatic heterocycles. The molecular weight excluding hydrogens is 382 g/mol. The average Bonchev–Trinajstić information content (AvgIpc) is 3.08. The number of hydrogen-bond acceptors (Lipinski definition) is 6. The minimum atomic E-state index is -0.515. The zero-order valence-corrected chi connectivity index (χ0v) is 18.0. The van der Waals surface area contributed by atoms with Crippen molar-refractivity contribution in [3.8, 4) is 17.2 Å². The van der Waals surface area contributed by atoms with E-state index in [4.69, 9.17) is 9.47 Å². The van der Waals surface area contributed by atoms with Crippen molar-refractivity contribution < 1.29 is 19.4 Å². The van der Waals surface area contributed by atoms with Crippen LogP contribution in [0.25, 0.3) is 16.7 Å². The molecule has 3 aromatic rings. The third kappa shape index (κ3) is 4.52. The normalized spacial score (nSPS) is 11.5. The maximum absolute atomic E-state index is 12.1. The van der Waals surface area contributed by atoms with Gasteiger partial charge in [0.05, 0.1) is 6.61 Å². The molecule has 158 valence electrons. The highest BCUT2D eigenvalue weighted by Gasteiger charge is 2.26.